The van der Waals surface area contributed by atoms with E-state index in [1.54, 1.807) is 6.92 Å². The second kappa shape index (κ2) is 8.39. The van der Waals surface area contributed by atoms with Gasteiger partial charge in [-0.15, -0.1) is 0 Å². The van der Waals surface area contributed by atoms with E-state index in [2.05, 4.69) is 44.7 Å². The molecule has 0 radical (unpaired) electrons. The highest BCUT2D eigenvalue weighted by Crippen LogP contribution is 2.32. The summed E-state index contributed by atoms with van der Waals surface area (Å²) in [6.07, 6.45) is 0.931. The number of hydrogen-bond acceptors (Lipinski definition) is 3. The zero-order valence-corrected chi connectivity index (χ0v) is 17.2. The molecule has 2 aromatic rings. The molecule has 0 fully saturated rings. The third kappa shape index (κ3) is 4.09. The van der Waals surface area contributed by atoms with Crippen molar-refractivity contribution in [2.45, 2.75) is 59.5 Å². The van der Waals surface area contributed by atoms with Crippen molar-refractivity contribution in [1.29, 1.82) is 0 Å². The second-order valence-electron chi connectivity index (χ2n) is 7.39. The highest BCUT2D eigenvalue weighted by Gasteiger charge is 2.26. The molecule has 0 unspecified atom stereocenters. The minimum absolute atomic E-state index is 0.103. The van der Waals surface area contributed by atoms with E-state index in [0.29, 0.717) is 6.54 Å². The first kappa shape index (κ1) is 20.0. The lowest BCUT2D eigenvalue weighted by Crippen LogP contribution is -2.36. The molecule has 0 saturated carbocycles. The van der Waals surface area contributed by atoms with E-state index >= 15 is 0 Å². The second-order valence-corrected chi connectivity index (χ2v) is 7.39. The molecule has 0 spiro atoms. The molecular formula is C21H32N4O. The number of hydrogen-bond donors (Lipinski definition) is 0. The Bertz CT molecular complexity index is 734. The summed E-state index contributed by atoms with van der Waals surface area (Å²) in [6, 6.07) is 10.4. The van der Waals surface area contributed by atoms with Crippen LogP contribution < -0.4 is 4.90 Å². The third-order valence-corrected chi connectivity index (χ3v) is 4.81. The largest absolute Gasteiger partial charge is 0.362 e. The van der Waals surface area contributed by atoms with Crippen LogP contribution in [0.25, 0.3) is 5.69 Å². The molecule has 5 nitrogen and oxygen atoms in total. The number of carbonyl (C=O) groups is 1. The van der Waals surface area contributed by atoms with Crippen molar-refractivity contribution in [1.82, 2.24) is 14.7 Å². The van der Waals surface area contributed by atoms with Crippen LogP contribution in [0, 0.1) is 0 Å². The smallest absolute Gasteiger partial charge is 0.219 e. The maximum Gasteiger partial charge on any atom is 0.219 e. The Morgan fingerprint density at radius 3 is 2.23 bits per heavy atom. The van der Waals surface area contributed by atoms with E-state index < -0.39 is 0 Å². The average molecular weight is 357 g/mol. The molecule has 0 aliphatic heterocycles. The summed E-state index contributed by atoms with van der Waals surface area (Å²) in [5.41, 5.74) is 3.21. The van der Waals surface area contributed by atoms with Crippen LogP contribution in [0.2, 0.25) is 0 Å². The molecular weight excluding hydrogens is 324 g/mol. The molecule has 1 aromatic carbocycles. The van der Waals surface area contributed by atoms with E-state index in [1.807, 2.05) is 41.9 Å². The van der Waals surface area contributed by atoms with Crippen molar-refractivity contribution in [3.8, 4) is 5.69 Å². The van der Waals surface area contributed by atoms with Crippen molar-refractivity contribution < 1.29 is 4.79 Å². The molecule has 0 N–H and O–H groups in total. The van der Waals surface area contributed by atoms with Crippen LogP contribution in [0.5, 0.6) is 0 Å². The van der Waals surface area contributed by atoms with Crippen LogP contribution in [0.3, 0.4) is 0 Å². The van der Waals surface area contributed by atoms with Crippen molar-refractivity contribution in [2.75, 3.05) is 19.0 Å². The lowest BCUT2D eigenvalue weighted by Gasteiger charge is -2.29. The van der Waals surface area contributed by atoms with Gasteiger partial charge < -0.3 is 9.80 Å². The van der Waals surface area contributed by atoms with Gasteiger partial charge in [-0.05, 0) is 31.4 Å². The van der Waals surface area contributed by atoms with E-state index in [-0.39, 0.29) is 17.9 Å². The summed E-state index contributed by atoms with van der Waals surface area (Å²) in [5, 5.41) is 4.94. The Kier molecular flexibility index (Phi) is 6.46. The molecule has 26 heavy (non-hydrogen) atoms. The quantitative estimate of drug-likeness (QED) is 0.746. The van der Waals surface area contributed by atoms with Gasteiger partial charge in [0.2, 0.25) is 5.91 Å². The predicted molar refractivity (Wildman–Crippen MR) is 108 cm³/mol. The summed E-state index contributed by atoms with van der Waals surface area (Å²) < 4.78 is 2.00. The number of aromatic nitrogens is 2. The number of benzene rings is 1. The number of nitrogens with zero attached hydrogens (tertiary/aromatic N) is 4. The highest BCUT2D eigenvalue weighted by molar-refractivity contribution is 5.74. The molecule has 0 aliphatic rings. The molecule has 142 valence electrons. The first-order valence-electron chi connectivity index (χ1n) is 9.39. The lowest BCUT2D eigenvalue weighted by atomic mass is 10.0. The molecule has 5 heteroatoms. The number of carbonyl (C=O) groups excluding carboxylic acids is 1. The van der Waals surface area contributed by atoms with Crippen LogP contribution in [-0.2, 0) is 11.3 Å². The minimum atomic E-state index is 0.103. The first-order chi connectivity index (χ1) is 12.3. The van der Waals surface area contributed by atoms with Gasteiger partial charge in [0.25, 0.3) is 0 Å². The van der Waals surface area contributed by atoms with Crippen molar-refractivity contribution in [3.05, 3.63) is 41.6 Å². The summed E-state index contributed by atoms with van der Waals surface area (Å²) >= 11 is 0. The van der Waals surface area contributed by atoms with Crippen molar-refractivity contribution >= 4 is 11.7 Å². The molecule has 1 aromatic heterocycles. The van der Waals surface area contributed by atoms with E-state index in [9.17, 15) is 4.79 Å². The van der Waals surface area contributed by atoms with Gasteiger partial charge in [-0.25, -0.2) is 4.68 Å². The lowest BCUT2D eigenvalue weighted by molar-refractivity contribution is -0.131. The summed E-state index contributed by atoms with van der Waals surface area (Å²) in [6.45, 7) is 10.8. The molecule has 0 bridgehead atoms. The fourth-order valence-electron chi connectivity index (χ4n) is 3.25. The molecule has 1 atom stereocenters. The molecule has 1 amide bonds. The van der Waals surface area contributed by atoms with Gasteiger partial charge in [0.15, 0.2) is 0 Å². The molecule has 1 heterocycles. The van der Waals surface area contributed by atoms with E-state index in [1.165, 1.54) is 0 Å². The van der Waals surface area contributed by atoms with Crippen LogP contribution in [0.4, 0.5) is 5.82 Å². The number of amides is 1. The van der Waals surface area contributed by atoms with Gasteiger partial charge in [-0.1, -0.05) is 39.0 Å². The van der Waals surface area contributed by atoms with Crippen molar-refractivity contribution in [2.24, 2.45) is 0 Å². The van der Waals surface area contributed by atoms with Gasteiger partial charge >= 0.3 is 0 Å². The van der Waals surface area contributed by atoms with Gasteiger partial charge in [-0.2, -0.15) is 5.10 Å². The molecule has 2 rings (SSSR count). The Balaban J connectivity index is 2.63. The Labute approximate surface area is 157 Å². The SMILES string of the molecule is CC[C@@H](C)N(Cc1c(C(C)C)nn(-c2ccccc2)c1N(C)C)C(C)=O. The third-order valence-electron chi connectivity index (χ3n) is 4.81. The number of para-hydroxylation sites is 1. The van der Waals surface area contributed by atoms with E-state index in [4.69, 9.17) is 5.10 Å². The van der Waals surface area contributed by atoms with Gasteiger partial charge in [0, 0.05) is 32.6 Å². The monoisotopic (exact) mass is 356 g/mol. The van der Waals surface area contributed by atoms with Gasteiger partial charge in [0.1, 0.15) is 5.82 Å². The Morgan fingerprint density at radius 2 is 1.77 bits per heavy atom. The fraction of sp³-hybridized carbons (Fsp3) is 0.524. The maximum absolute atomic E-state index is 12.3. The summed E-state index contributed by atoms with van der Waals surface area (Å²) in [7, 11) is 4.07. The van der Waals surface area contributed by atoms with Crippen molar-refractivity contribution in [3.63, 3.8) is 0 Å². The Hall–Kier alpha value is -2.30. The topological polar surface area (TPSA) is 41.4 Å². The normalized spacial score (nSPS) is 12.3. The van der Waals surface area contributed by atoms with Gasteiger partial charge in [0.05, 0.1) is 17.9 Å². The summed E-state index contributed by atoms with van der Waals surface area (Å²) in [5.74, 6) is 1.42. The highest BCUT2D eigenvalue weighted by atomic mass is 16.2. The first-order valence-corrected chi connectivity index (χ1v) is 9.39. The van der Waals surface area contributed by atoms with Gasteiger partial charge in [-0.3, -0.25) is 4.79 Å². The average Bonchev–Trinajstić information content (AvgIpc) is 2.99. The number of anilines is 1. The predicted octanol–water partition coefficient (Wildman–Crippen LogP) is 4.21. The van der Waals surface area contributed by atoms with Crippen LogP contribution >= 0.6 is 0 Å². The molecule has 0 aliphatic carbocycles. The van der Waals surface area contributed by atoms with Crippen LogP contribution in [-0.4, -0.2) is 40.7 Å². The zero-order chi connectivity index (χ0) is 19.4. The standard InChI is InChI=1S/C21H32N4O/c1-8-16(4)24(17(5)26)14-19-20(15(2)3)22-25(21(19)23(6)7)18-12-10-9-11-13-18/h9-13,15-16H,8,14H2,1-7H3/t16-/m1/s1. The fourth-order valence-corrected chi connectivity index (χ4v) is 3.25. The van der Waals surface area contributed by atoms with Crippen LogP contribution in [0.1, 0.15) is 58.2 Å². The summed E-state index contributed by atoms with van der Waals surface area (Å²) in [4.78, 5) is 16.3. The maximum atomic E-state index is 12.3. The number of rotatable bonds is 7. The zero-order valence-electron chi connectivity index (χ0n) is 17.2. The Morgan fingerprint density at radius 1 is 1.15 bits per heavy atom. The van der Waals surface area contributed by atoms with E-state index in [0.717, 1.165) is 29.2 Å². The van der Waals surface area contributed by atoms with Crippen LogP contribution in [0.15, 0.2) is 30.3 Å². The minimum Gasteiger partial charge on any atom is -0.362 e. The molecule has 0 saturated heterocycles.